The molecule has 2 rings (SSSR count). The molecule has 2 atom stereocenters. The quantitative estimate of drug-likeness (QED) is 0.798. The molecule has 20 heavy (non-hydrogen) atoms. The Morgan fingerprint density at radius 2 is 2.00 bits per heavy atom. The van der Waals surface area contributed by atoms with Crippen molar-refractivity contribution in [2.75, 3.05) is 12.3 Å². The molecule has 0 aliphatic carbocycles. The first kappa shape index (κ1) is 15.3. The molecule has 0 aromatic heterocycles. The van der Waals surface area contributed by atoms with Crippen molar-refractivity contribution in [3.63, 3.8) is 0 Å². The van der Waals surface area contributed by atoms with Gasteiger partial charge in [-0.1, -0.05) is 15.9 Å². The highest BCUT2D eigenvalue weighted by Gasteiger charge is 2.38. The van der Waals surface area contributed by atoms with Gasteiger partial charge in [0.05, 0.1) is 11.9 Å². The molecule has 0 unspecified atom stereocenters. The molecule has 0 saturated carbocycles. The maximum absolute atomic E-state index is 12.1. The number of carboxylic acids is 1. The van der Waals surface area contributed by atoms with Crippen molar-refractivity contribution in [2.24, 2.45) is 0 Å². The van der Waals surface area contributed by atoms with Crippen molar-refractivity contribution in [1.82, 2.24) is 4.90 Å². The van der Waals surface area contributed by atoms with E-state index in [-0.39, 0.29) is 24.6 Å². The van der Waals surface area contributed by atoms with E-state index in [9.17, 15) is 14.7 Å². The number of aliphatic hydroxyl groups excluding tert-OH is 1. The number of β-amino-alcohol motifs (C(OH)–C–C–N with tert-alkyl or cyclic N) is 1. The molecule has 1 saturated heterocycles. The van der Waals surface area contributed by atoms with E-state index in [2.05, 4.69) is 15.9 Å². The van der Waals surface area contributed by atoms with Crippen LogP contribution >= 0.6 is 27.7 Å². The molecule has 0 bridgehead atoms. The summed E-state index contributed by atoms with van der Waals surface area (Å²) in [7, 11) is 0. The second-order valence-electron chi connectivity index (χ2n) is 4.53. The number of carboxylic acid groups (broad SMARTS) is 1. The number of halogens is 1. The van der Waals surface area contributed by atoms with Gasteiger partial charge in [-0.25, -0.2) is 4.79 Å². The highest BCUT2D eigenvalue weighted by Crippen LogP contribution is 2.24. The molecular formula is C13H14BrNO4S. The van der Waals surface area contributed by atoms with Crippen LogP contribution in [0.2, 0.25) is 0 Å². The summed E-state index contributed by atoms with van der Waals surface area (Å²) in [6.45, 7) is 0.0939. The van der Waals surface area contributed by atoms with Crippen LogP contribution in [0.1, 0.15) is 6.42 Å². The topological polar surface area (TPSA) is 77.8 Å². The molecule has 1 aromatic carbocycles. The Labute approximate surface area is 129 Å². The van der Waals surface area contributed by atoms with E-state index in [1.807, 2.05) is 24.3 Å². The van der Waals surface area contributed by atoms with Crippen LogP contribution < -0.4 is 0 Å². The van der Waals surface area contributed by atoms with Crippen molar-refractivity contribution < 1.29 is 19.8 Å². The summed E-state index contributed by atoms with van der Waals surface area (Å²) in [6, 6.07) is 6.62. The zero-order valence-electron chi connectivity index (χ0n) is 10.5. The number of hydrogen-bond donors (Lipinski definition) is 2. The third-order valence-corrected chi connectivity index (χ3v) is 4.59. The number of rotatable bonds is 4. The molecule has 1 amide bonds. The van der Waals surface area contributed by atoms with Crippen LogP contribution in [0.25, 0.3) is 0 Å². The number of benzene rings is 1. The lowest BCUT2D eigenvalue weighted by atomic mass is 10.2. The number of hydrogen-bond acceptors (Lipinski definition) is 4. The van der Waals surface area contributed by atoms with Crippen molar-refractivity contribution in [1.29, 1.82) is 0 Å². The molecule has 1 aliphatic heterocycles. The molecule has 0 spiro atoms. The van der Waals surface area contributed by atoms with Gasteiger partial charge in [-0.15, -0.1) is 11.8 Å². The Kier molecular flexibility index (Phi) is 5.06. The lowest BCUT2D eigenvalue weighted by Crippen LogP contribution is -2.41. The van der Waals surface area contributed by atoms with Crippen LogP contribution in [0.4, 0.5) is 0 Å². The number of carbonyl (C=O) groups is 2. The van der Waals surface area contributed by atoms with Gasteiger partial charge in [0.1, 0.15) is 6.04 Å². The van der Waals surface area contributed by atoms with E-state index in [1.165, 1.54) is 16.7 Å². The van der Waals surface area contributed by atoms with Crippen LogP contribution in [0.5, 0.6) is 0 Å². The Hall–Kier alpha value is -1.05. The van der Waals surface area contributed by atoms with Gasteiger partial charge in [-0.3, -0.25) is 4.79 Å². The molecule has 1 aliphatic rings. The van der Waals surface area contributed by atoms with E-state index in [4.69, 9.17) is 5.11 Å². The van der Waals surface area contributed by atoms with Crippen LogP contribution in [0.15, 0.2) is 33.6 Å². The summed E-state index contributed by atoms with van der Waals surface area (Å²) in [5.41, 5.74) is 0. The largest absolute Gasteiger partial charge is 0.480 e. The molecule has 1 fully saturated rings. The minimum absolute atomic E-state index is 0.0939. The summed E-state index contributed by atoms with van der Waals surface area (Å²) >= 11 is 4.68. The van der Waals surface area contributed by atoms with Gasteiger partial charge in [0.2, 0.25) is 5.91 Å². The minimum Gasteiger partial charge on any atom is -0.480 e. The summed E-state index contributed by atoms with van der Waals surface area (Å²) in [5.74, 6) is -1.16. The van der Waals surface area contributed by atoms with Crippen LogP contribution in [0.3, 0.4) is 0 Å². The maximum atomic E-state index is 12.1. The van der Waals surface area contributed by atoms with Crippen LogP contribution in [-0.2, 0) is 9.59 Å². The molecule has 0 radical (unpaired) electrons. The van der Waals surface area contributed by atoms with Crippen molar-refractivity contribution in [3.8, 4) is 0 Å². The van der Waals surface area contributed by atoms with Gasteiger partial charge in [-0.05, 0) is 24.3 Å². The second kappa shape index (κ2) is 6.60. The minimum atomic E-state index is -1.07. The Bertz CT molecular complexity index is 508. The summed E-state index contributed by atoms with van der Waals surface area (Å²) in [4.78, 5) is 25.3. The molecule has 1 heterocycles. The fraction of sp³-hybridized carbons (Fsp3) is 0.385. The molecule has 1 aromatic rings. The van der Waals surface area contributed by atoms with Gasteiger partial charge in [0.25, 0.3) is 0 Å². The monoisotopic (exact) mass is 359 g/mol. The Morgan fingerprint density at radius 3 is 2.60 bits per heavy atom. The number of carbonyl (C=O) groups excluding carboxylic acids is 1. The highest BCUT2D eigenvalue weighted by molar-refractivity contribution is 9.10. The van der Waals surface area contributed by atoms with Gasteiger partial charge >= 0.3 is 5.97 Å². The average Bonchev–Trinajstić information content (AvgIpc) is 2.80. The summed E-state index contributed by atoms with van der Waals surface area (Å²) < 4.78 is 0.960. The standard InChI is InChI=1S/C13H14BrNO4S/c14-8-1-3-10(4-2-8)20-7-12(17)15-6-9(16)5-11(15)13(18)19/h1-4,9,11,16H,5-7H2,(H,18,19)/t9-,11+/m1/s1. The number of amides is 1. The number of thioether (sulfide) groups is 1. The maximum Gasteiger partial charge on any atom is 0.326 e. The fourth-order valence-corrected chi connectivity index (χ4v) is 3.13. The van der Waals surface area contributed by atoms with E-state index >= 15 is 0 Å². The van der Waals surface area contributed by atoms with Crippen LogP contribution in [-0.4, -0.2) is 51.4 Å². The second-order valence-corrected chi connectivity index (χ2v) is 6.50. The zero-order chi connectivity index (χ0) is 14.7. The normalized spacial score (nSPS) is 22.0. The lowest BCUT2D eigenvalue weighted by Gasteiger charge is -2.20. The molecule has 7 heteroatoms. The number of aliphatic carboxylic acids is 1. The molecular weight excluding hydrogens is 346 g/mol. The van der Waals surface area contributed by atoms with Gasteiger partial charge in [-0.2, -0.15) is 0 Å². The number of nitrogens with zero attached hydrogens (tertiary/aromatic N) is 1. The van der Waals surface area contributed by atoms with E-state index in [1.54, 1.807) is 0 Å². The Morgan fingerprint density at radius 1 is 1.35 bits per heavy atom. The molecule has 5 nitrogen and oxygen atoms in total. The zero-order valence-corrected chi connectivity index (χ0v) is 12.9. The Balaban J connectivity index is 1.94. The average molecular weight is 360 g/mol. The van der Waals surface area contributed by atoms with Gasteiger partial charge < -0.3 is 15.1 Å². The van der Waals surface area contributed by atoms with Crippen molar-refractivity contribution in [2.45, 2.75) is 23.5 Å². The lowest BCUT2D eigenvalue weighted by molar-refractivity contribution is -0.147. The smallest absolute Gasteiger partial charge is 0.326 e. The van der Waals surface area contributed by atoms with Crippen LogP contribution in [0, 0.1) is 0 Å². The predicted octanol–water partition coefficient (Wildman–Crippen LogP) is 1.59. The predicted molar refractivity (Wildman–Crippen MR) is 78.6 cm³/mol. The third kappa shape index (κ3) is 3.74. The van der Waals surface area contributed by atoms with E-state index in [0.717, 1.165) is 9.37 Å². The molecule has 108 valence electrons. The van der Waals surface area contributed by atoms with E-state index in [0.29, 0.717) is 0 Å². The first-order valence-corrected chi connectivity index (χ1v) is 7.84. The third-order valence-electron chi connectivity index (χ3n) is 3.06. The summed E-state index contributed by atoms with van der Waals surface area (Å²) in [5, 5.41) is 18.6. The number of aliphatic hydroxyl groups is 1. The first-order valence-electron chi connectivity index (χ1n) is 6.06. The SMILES string of the molecule is O=C(O)[C@@H]1C[C@@H](O)CN1C(=O)CSc1ccc(Br)cc1. The van der Waals surface area contributed by atoms with Gasteiger partial charge in [0, 0.05) is 22.3 Å². The summed E-state index contributed by atoms with van der Waals surface area (Å²) in [6.07, 6.45) is -0.651. The number of likely N-dealkylation sites (tertiary alicyclic amines) is 1. The van der Waals surface area contributed by atoms with Crippen molar-refractivity contribution >= 4 is 39.6 Å². The van der Waals surface area contributed by atoms with Crippen molar-refractivity contribution in [3.05, 3.63) is 28.7 Å². The molecule has 2 N–H and O–H groups in total. The first-order chi connectivity index (χ1) is 9.47. The fourth-order valence-electron chi connectivity index (χ4n) is 2.08. The van der Waals surface area contributed by atoms with Gasteiger partial charge in [0.15, 0.2) is 0 Å². The van der Waals surface area contributed by atoms with E-state index < -0.39 is 18.1 Å². The highest BCUT2D eigenvalue weighted by atomic mass is 79.9.